The van der Waals surface area contributed by atoms with Crippen LogP contribution in [-0.4, -0.2) is 25.9 Å². The van der Waals surface area contributed by atoms with Crippen LogP contribution in [0.1, 0.15) is 21.7 Å². The van der Waals surface area contributed by atoms with Crippen molar-refractivity contribution < 1.29 is 4.79 Å². The van der Waals surface area contributed by atoms with Crippen LogP contribution in [0.25, 0.3) is 16.6 Å². The van der Waals surface area contributed by atoms with Gasteiger partial charge in [0.25, 0.3) is 5.91 Å². The fourth-order valence-corrected chi connectivity index (χ4v) is 3.29. The van der Waals surface area contributed by atoms with Crippen molar-refractivity contribution in [3.63, 3.8) is 0 Å². The molecular weight excluding hydrogens is 406 g/mol. The monoisotopic (exact) mass is 421 g/mol. The third-order valence-electron chi connectivity index (χ3n) is 4.35. The number of aryl methyl sites for hydroxylation is 1. The Kier molecular flexibility index (Phi) is 4.45. The van der Waals surface area contributed by atoms with Gasteiger partial charge >= 0.3 is 0 Å². The van der Waals surface area contributed by atoms with E-state index in [0.717, 1.165) is 26.6 Å². The number of carbonyl (C=O) groups excluding carboxylic acids is 1. The van der Waals surface area contributed by atoms with E-state index in [0.29, 0.717) is 11.5 Å². The quantitative estimate of drug-likeness (QED) is 0.530. The van der Waals surface area contributed by atoms with Gasteiger partial charge in [-0.2, -0.15) is 0 Å². The Balaban J connectivity index is 1.62. The molecule has 0 saturated carbocycles. The smallest absolute Gasteiger partial charge is 0.279 e. The lowest BCUT2D eigenvalue weighted by Crippen LogP contribution is -2.15. The van der Waals surface area contributed by atoms with Gasteiger partial charge in [0.15, 0.2) is 5.69 Å². The minimum atomic E-state index is -0.337. The lowest BCUT2D eigenvalue weighted by Gasteiger charge is -2.07. The maximum Gasteiger partial charge on any atom is 0.279 e. The highest BCUT2D eigenvalue weighted by molar-refractivity contribution is 9.10. The lowest BCUT2D eigenvalue weighted by atomic mass is 10.2. The number of halogens is 1. The van der Waals surface area contributed by atoms with E-state index in [9.17, 15) is 4.79 Å². The average molecular weight is 422 g/mol. The second-order valence-electron chi connectivity index (χ2n) is 6.21. The topological polar surface area (TPSA) is 72.7 Å². The number of hydrogen-bond donors (Lipinski definition) is 1. The molecule has 0 atom stereocenters. The van der Waals surface area contributed by atoms with Crippen LogP contribution in [0.2, 0.25) is 0 Å². The fraction of sp³-hybridized carbons (Fsp3) is 0.100. The molecule has 1 amide bonds. The average Bonchev–Trinajstić information content (AvgIpc) is 3.03. The minimum Gasteiger partial charge on any atom is -0.305 e. The molecule has 0 aliphatic carbocycles. The molecule has 2 heterocycles. The molecule has 4 aromatic rings. The van der Waals surface area contributed by atoms with Gasteiger partial charge in [0.05, 0.1) is 16.9 Å². The number of rotatable bonds is 3. The van der Waals surface area contributed by atoms with Crippen molar-refractivity contribution in [3.05, 3.63) is 76.0 Å². The summed E-state index contributed by atoms with van der Waals surface area (Å²) in [6.45, 7) is 3.82. The second kappa shape index (κ2) is 6.92. The number of carbonyl (C=O) groups is 1. The number of anilines is 1. The van der Waals surface area contributed by atoms with Crippen molar-refractivity contribution in [3.8, 4) is 5.69 Å². The summed E-state index contributed by atoms with van der Waals surface area (Å²) in [5, 5.41) is 12.0. The Morgan fingerprint density at radius 1 is 1.07 bits per heavy atom. The van der Waals surface area contributed by atoms with Crippen molar-refractivity contribution in [1.82, 2.24) is 20.0 Å². The SMILES string of the molecule is Cc1ccccc1-n1nnc(C(=O)Nc2ccc3cc(Br)ccc3n2)c1C. The molecule has 4 rings (SSSR count). The van der Waals surface area contributed by atoms with E-state index in [2.05, 4.69) is 36.5 Å². The normalized spacial score (nSPS) is 10.9. The number of fused-ring (bicyclic) bond motifs is 1. The Morgan fingerprint density at radius 3 is 2.70 bits per heavy atom. The van der Waals surface area contributed by atoms with Crippen LogP contribution < -0.4 is 5.32 Å². The van der Waals surface area contributed by atoms with Crippen molar-refractivity contribution >= 4 is 38.6 Å². The number of benzene rings is 2. The molecule has 0 fully saturated rings. The second-order valence-corrected chi connectivity index (χ2v) is 7.13. The molecule has 0 saturated heterocycles. The number of nitrogens with one attached hydrogen (secondary N) is 1. The molecule has 0 spiro atoms. The van der Waals surface area contributed by atoms with Gasteiger partial charge in [-0.3, -0.25) is 4.79 Å². The Labute approximate surface area is 164 Å². The highest BCUT2D eigenvalue weighted by Crippen LogP contribution is 2.21. The van der Waals surface area contributed by atoms with Crippen LogP contribution in [0.15, 0.2) is 59.1 Å². The van der Waals surface area contributed by atoms with Gasteiger partial charge in [-0.1, -0.05) is 39.3 Å². The van der Waals surface area contributed by atoms with Crippen molar-refractivity contribution in [2.24, 2.45) is 0 Å². The molecule has 0 bridgehead atoms. The number of pyridine rings is 1. The predicted octanol–water partition coefficient (Wildman–Crippen LogP) is 4.45. The summed E-state index contributed by atoms with van der Waals surface area (Å²) in [4.78, 5) is 17.2. The molecule has 0 radical (unpaired) electrons. The molecule has 0 aliphatic heterocycles. The van der Waals surface area contributed by atoms with Gasteiger partial charge in [-0.05, 0) is 55.8 Å². The van der Waals surface area contributed by atoms with Crippen molar-refractivity contribution in [2.75, 3.05) is 5.32 Å². The highest BCUT2D eigenvalue weighted by atomic mass is 79.9. The van der Waals surface area contributed by atoms with Crippen LogP contribution in [0, 0.1) is 13.8 Å². The zero-order valence-electron chi connectivity index (χ0n) is 14.8. The van der Waals surface area contributed by atoms with Gasteiger partial charge in [0.1, 0.15) is 5.82 Å². The number of para-hydroxylation sites is 1. The summed E-state index contributed by atoms with van der Waals surface area (Å²) in [6.07, 6.45) is 0. The van der Waals surface area contributed by atoms with Gasteiger partial charge in [0.2, 0.25) is 0 Å². The number of aromatic nitrogens is 4. The molecular formula is C20H16BrN5O. The molecule has 1 N–H and O–H groups in total. The number of hydrogen-bond acceptors (Lipinski definition) is 4. The van der Waals surface area contributed by atoms with Crippen LogP contribution >= 0.6 is 15.9 Å². The first-order chi connectivity index (χ1) is 13.0. The van der Waals surface area contributed by atoms with Gasteiger partial charge < -0.3 is 5.32 Å². The van der Waals surface area contributed by atoms with Crippen LogP contribution in [-0.2, 0) is 0 Å². The standard InChI is InChI=1S/C20H16BrN5O/c1-12-5-3-4-6-17(12)26-13(2)19(24-25-26)20(27)23-18-10-7-14-11-15(21)8-9-16(14)22-18/h3-11H,1-2H3,(H,22,23,27). The van der Waals surface area contributed by atoms with Crippen LogP contribution in [0.4, 0.5) is 5.82 Å². The molecule has 134 valence electrons. The maximum absolute atomic E-state index is 12.7. The summed E-state index contributed by atoms with van der Waals surface area (Å²) in [7, 11) is 0. The lowest BCUT2D eigenvalue weighted by molar-refractivity contribution is 0.102. The summed E-state index contributed by atoms with van der Waals surface area (Å²) in [5.74, 6) is 0.135. The van der Waals surface area contributed by atoms with Gasteiger partial charge in [-0.15, -0.1) is 5.10 Å². The summed E-state index contributed by atoms with van der Waals surface area (Å²) < 4.78 is 2.66. The summed E-state index contributed by atoms with van der Waals surface area (Å²) in [5.41, 5.74) is 3.70. The van der Waals surface area contributed by atoms with Crippen LogP contribution in [0.5, 0.6) is 0 Å². The first-order valence-electron chi connectivity index (χ1n) is 8.39. The largest absolute Gasteiger partial charge is 0.305 e. The molecule has 27 heavy (non-hydrogen) atoms. The first kappa shape index (κ1) is 17.4. The molecule has 0 unspecified atom stereocenters. The third kappa shape index (κ3) is 3.33. The van der Waals surface area contributed by atoms with Gasteiger partial charge in [-0.25, -0.2) is 9.67 Å². The number of nitrogens with zero attached hydrogens (tertiary/aromatic N) is 4. The molecule has 6 nitrogen and oxygen atoms in total. The summed E-state index contributed by atoms with van der Waals surface area (Å²) in [6, 6.07) is 17.3. The van der Waals surface area contributed by atoms with Crippen molar-refractivity contribution in [1.29, 1.82) is 0 Å². The number of amides is 1. The van der Waals surface area contributed by atoms with E-state index in [1.807, 2.05) is 62.4 Å². The van der Waals surface area contributed by atoms with E-state index in [1.54, 1.807) is 10.7 Å². The Bertz CT molecular complexity index is 1170. The first-order valence-corrected chi connectivity index (χ1v) is 9.18. The van der Waals surface area contributed by atoms with E-state index in [4.69, 9.17) is 0 Å². The van der Waals surface area contributed by atoms with Gasteiger partial charge in [0, 0.05) is 9.86 Å². The minimum absolute atomic E-state index is 0.274. The molecule has 7 heteroatoms. The molecule has 0 aliphatic rings. The van der Waals surface area contributed by atoms with E-state index in [1.165, 1.54) is 0 Å². The molecule has 2 aromatic heterocycles. The fourth-order valence-electron chi connectivity index (χ4n) is 2.91. The zero-order chi connectivity index (χ0) is 19.0. The van der Waals surface area contributed by atoms with Crippen molar-refractivity contribution in [2.45, 2.75) is 13.8 Å². The summed E-state index contributed by atoms with van der Waals surface area (Å²) >= 11 is 3.44. The zero-order valence-corrected chi connectivity index (χ0v) is 16.4. The molecule has 2 aromatic carbocycles. The highest BCUT2D eigenvalue weighted by Gasteiger charge is 2.18. The predicted molar refractivity (Wildman–Crippen MR) is 108 cm³/mol. The third-order valence-corrected chi connectivity index (χ3v) is 4.84. The van der Waals surface area contributed by atoms with E-state index >= 15 is 0 Å². The van der Waals surface area contributed by atoms with Crippen LogP contribution in [0.3, 0.4) is 0 Å². The Hall–Kier alpha value is -3.06. The van der Waals surface area contributed by atoms with E-state index in [-0.39, 0.29) is 11.6 Å². The van der Waals surface area contributed by atoms with E-state index < -0.39 is 0 Å². The Morgan fingerprint density at radius 2 is 1.89 bits per heavy atom. The maximum atomic E-state index is 12.7.